The first-order valence-corrected chi connectivity index (χ1v) is 7.94. The maximum atomic E-state index is 10.9. The molecular formula is C17H16Cl2N2O2. The van der Waals surface area contributed by atoms with Gasteiger partial charge in [-0.25, -0.2) is 0 Å². The van der Waals surface area contributed by atoms with Crippen molar-refractivity contribution in [3.63, 3.8) is 0 Å². The molecule has 120 valence electrons. The summed E-state index contributed by atoms with van der Waals surface area (Å²) in [6.45, 7) is 1.91. The van der Waals surface area contributed by atoms with Gasteiger partial charge in [0.1, 0.15) is 5.75 Å². The number of nitrogens with zero attached hydrogens (tertiary/aromatic N) is 1. The van der Waals surface area contributed by atoms with E-state index in [1.54, 1.807) is 7.11 Å². The van der Waals surface area contributed by atoms with Crippen molar-refractivity contribution in [1.82, 2.24) is 10.3 Å². The molecule has 0 saturated heterocycles. The molecule has 1 aliphatic rings. The number of aliphatic hydroxyl groups is 1. The number of benzene rings is 1. The molecule has 0 saturated carbocycles. The molecule has 2 aromatic rings. The molecule has 2 heterocycles. The number of halogens is 2. The molecule has 1 aliphatic heterocycles. The van der Waals surface area contributed by atoms with Gasteiger partial charge in [0.05, 0.1) is 17.2 Å². The van der Waals surface area contributed by atoms with E-state index in [4.69, 9.17) is 27.9 Å². The smallest absolute Gasteiger partial charge is 0.162 e. The molecule has 0 fully saturated rings. The second kappa shape index (κ2) is 6.04. The lowest BCUT2D eigenvalue weighted by atomic mass is 9.98. The molecule has 1 aromatic carbocycles. The van der Waals surface area contributed by atoms with E-state index in [9.17, 15) is 5.11 Å². The quantitative estimate of drug-likeness (QED) is 0.876. The van der Waals surface area contributed by atoms with Crippen LogP contribution in [0.25, 0.3) is 11.8 Å². The Morgan fingerprint density at radius 3 is 2.61 bits per heavy atom. The van der Waals surface area contributed by atoms with E-state index in [0.717, 1.165) is 16.8 Å². The van der Waals surface area contributed by atoms with Gasteiger partial charge in [0.25, 0.3) is 0 Å². The first-order chi connectivity index (χ1) is 11.0. The normalized spacial score (nSPS) is 21.2. The number of hydrogen-bond acceptors (Lipinski definition) is 4. The molecule has 0 amide bonds. The minimum atomic E-state index is -1.15. The van der Waals surface area contributed by atoms with Gasteiger partial charge in [-0.05, 0) is 30.7 Å². The molecule has 1 unspecified atom stereocenters. The van der Waals surface area contributed by atoms with Gasteiger partial charge in [0, 0.05) is 34.8 Å². The second-order valence-electron chi connectivity index (χ2n) is 5.33. The Balaban J connectivity index is 2.16. The molecule has 0 spiro atoms. The largest absolute Gasteiger partial charge is 0.497 e. The first kappa shape index (κ1) is 16.1. The van der Waals surface area contributed by atoms with Crippen molar-refractivity contribution in [1.29, 1.82) is 0 Å². The third-order valence-electron chi connectivity index (χ3n) is 3.99. The van der Waals surface area contributed by atoms with Gasteiger partial charge in [0.2, 0.25) is 0 Å². The Morgan fingerprint density at radius 1 is 1.30 bits per heavy atom. The van der Waals surface area contributed by atoms with Gasteiger partial charge in [-0.15, -0.1) is 0 Å². The lowest BCUT2D eigenvalue weighted by molar-refractivity contribution is 0.0202. The molecule has 4 nitrogen and oxygen atoms in total. The van der Waals surface area contributed by atoms with E-state index in [0.29, 0.717) is 27.8 Å². The standard InChI is InChI=1S/C17H16Cl2N2O2/c1-3-17(22)13-6-10(23-2)4-5-11(13)16(21-17)7-12-14(18)8-20-9-15(12)19/h4-9,21-22H,3H2,1-2H3/b16-7-. The van der Waals surface area contributed by atoms with Gasteiger partial charge < -0.3 is 15.2 Å². The average molecular weight is 351 g/mol. The number of fused-ring (bicyclic) bond motifs is 1. The fraction of sp³-hybridized carbons (Fsp3) is 0.235. The summed E-state index contributed by atoms with van der Waals surface area (Å²) in [7, 11) is 1.60. The topological polar surface area (TPSA) is 54.4 Å². The van der Waals surface area contributed by atoms with E-state index in [1.165, 1.54) is 12.4 Å². The predicted octanol–water partition coefficient (Wildman–Crippen LogP) is 4.05. The van der Waals surface area contributed by atoms with Crippen LogP contribution in [0.15, 0.2) is 30.6 Å². The summed E-state index contributed by atoms with van der Waals surface area (Å²) < 4.78 is 5.26. The lowest BCUT2D eigenvalue weighted by Gasteiger charge is -2.23. The second-order valence-corrected chi connectivity index (χ2v) is 6.14. The van der Waals surface area contributed by atoms with Crippen LogP contribution in [0.1, 0.15) is 30.0 Å². The zero-order valence-corrected chi connectivity index (χ0v) is 14.2. The zero-order valence-electron chi connectivity index (χ0n) is 12.7. The minimum absolute atomic E-state index is 0.453. The lowest BCUT2D eigenvalue weighted by Crippen LogP contribution is -2.35. The van der Waals surface area contributed by atoms with Gasteiger partial charge in [0.15, 0.2) is 5.72 Å². The van der Waals surface area contributed by atoms with Crippen LogP contribution in [-0.2, 0) is 5.72 Å². The highest BCUT2D eigenvalue weighted by Gasteiger charge is 2.37. The Labute approximate surface area is 144 Å². The van der Waals surface area contributed by atoms with E-state index in [-0.39, 0.29) is 0 Å². The first-order valence-electron chi connectivity index (χ1n) is 7.18. The number of pyridine rings is 1. The maximum absolute atomic E-state index is 10.9. The molecule has 0 bridgehead atoms. The van der Waals surface area contributed by atoms with Gasteiger partial charge in [-0.3, -0.25) is 4.98 Å². The molecule has 1 atom stereocenters. The highest BCUT2D eigenvalue weighted by atomic mass is 35.5. The zero-order chi connectivity index (χ0) is 16.6. The summed E-state index contributed by atoms with van der Waals surface area (Å²) >= 11 is 12.4. The van der Waals surface area contributed by atoms with Crippen molar-refractivity contribution in [3.05, 3.63) is 57.3 Å². The van der Waals surface area contributed by atoms with Crippen LogP contribution >= 0.6 is 23.2 Å². The van der Waals surface area contributed by atoms with Crippen LogP contribution in [0.5, 0.6) is 5.75 Å². The number of ether oxygens (including phenoxy) is 1. The van der Waals surface area contributed by atoms with Gasteiger partial charge in [-0.1, -0.05) is 30.1 Å². The summed E-state index contributed by atoms with van der Waals surface area (Å²) in [5.74, 6) is 0.693. The molecule has 1 aromatic heterocycles. The Bertz CT molecular complexity index is 772. The molecular weight excluding hydrogens is 335 g/mol. The molecule has 3 rings (SSSR count). The van der Waals surface area contributed by atoms with E-state index < -0.39 is 5.72 Å². The molecule has 6 heteroatoms. The highest BCUT2D eigenvalue weighted by molar-refractivity contribution is 6.37. The third kappa shape index (κ3) is 2.78. The SMILES string of the molecule is CCC1(O)N/C(=C\c2c(Cl)cncc2Cl)c2ccc(OC)cc21. The van der Waals surface area contributed by atoms with Gasteiger partial charge >= 0.3 is 0 Å². The van der Waals surface area contributed by atoms with Crippen molar-refractivity contribution in [3.8, 4) is 5.75 Å². The summed E-state index contributed by atoms with van der Waals surface area (Å²) in [5, 5.41) is 14.9. The van der Waals surface area contributed by atoms with E-state index in [2.05, 4.69) is 10.3 Å². The molecule has 2 N–H and O–H groups in total. The summed E-state index contributed by atoms with van der Waals surface area (Å²) in [6.07, 6.45) is 5.40. The third-order valence-corrected chi connectivity index (χ3v) is 4.60. The number of hydrogen-bond donors (Lipinski definition) is 2. The van der Waals surface area contributed by atoms with Crippen molar-refractivity contribution in [2.45, 2.75) is 19.1 Å². The van der Waals surface area contributed by atoms with Crippen LogP contribution < -0.4 is 10.1 Å². The molecule has 23 heavy (non-hydrogen) atoms. The van der Waals surface area contributed by atoms with Crippen molar-refractivity contribution < 1.29 is 9.84 Å². The summed E-state index contributed by atoms with van der Waals surface area (Å²) in [5.41, 5.74) is 1.92. The van der Waals surface area contributed by atoms with E-state index >= 15 is 0 Å². The monoisotopic (exact) mass is 350 g/mol. The summed E-state index contributed by atoms with van der Waals surface area (Å²) in [4.78, 5) is 3.95. The minimum Gasteiger partial charge on any atom is -0.497 e. The highest BCUT2D eigenvalue weighted by Crippen LogP contribution is 2.41. The molecule has 0 radical (unpaired) electrons. The fourth-order valence-electron chi connectivity index (χ4n) is 2.68. The Morgan fingerprint density at radius 2 is 2.00 bits per heavy atom. The van der Waals surface area contributed by atoms with Crippen molar-refractivity contribution >= 4 is 35.0 Å². The van der Waals surface area contributed by atoms with Crippen molar-refractivity contribution in [2.75, 3.05) is 7.11 Å². The van der Waals surface area contributed by atoms with Crippen LogP contribution in [0.4, 0.5) is 0 Å². The fourth-order valence-corrected chi connectivity index (χ4v) is 3.15. The van der Waals surface area contributed by atoms with Crippen LogP contribution in [0, 0.1) is 0 Å². The number of aromatic nitrogens is 1. The summed E-state index contributed by atoms with van der Waals surface area (Å²) in [6, 6.07) is 5.59. The maximum Gasteiger partial charge on any atom is 0.162 e. The number of rotatable bonds is 3. The molecule has 0 aliphatic carbocycles. The Hall–Kier alpha value is -1.75. The average Bonchev–Trinajstić information content (AvgIpc) is 2.84. The Kier molecular flexibility index (Phi) is 4.23. The van der Waals surface area contributed by atoms with E-state index in [1.807, 2.05) is 31.2 Å². The van der Waals surface area contributed by atoms with Gasteiger partial charge in [-0.2, -0.15) is 0 Å². The van der Waals surface area contributed by atoms with Crippen LogP contribution in [0.2, 0.25) is 10.0 Å². The number of methoxy groups -OCH3 is 1. The van der Waals surface area contributed by atoms with Crippen LogP contribution in [-0.4, -0.2) is 17.2 Å². The number of nitrogens with one attached hydrogen (secondary N) is 1. The predicted molar refractivity (Wildman–Crippen MR) is 92.4 cm³/mol. The van der Waals surface area contributed by atoms with Crippen LogP contribution in [0.3, 0.4) is 0 Å². The van der Waals surface area contributed by atoms with Crippen molar-refractivity contribution in [2.24, 2.45) is 0 Å².